The van der Waals surface area contributed by atoms with Gasteiger partial charge in [-0.25, -0.2) is 4.79 Å². The molecule has 0 aliphatic rings. The van der Waals surface area contributed by atoms with Crippen molar-refractivity contribution in [1.82, 2.24) is 5.32 Å². The van der Waals surface area contributed by atoms with Crippen LogP contribution in [0.5, 0.6) is 0 Å². The zero-order chi connectivity index (χ0) is 11.3. The average Bonchev–Trinajstić information content (AvgIpc) is 2.55. The molecule has 4 N–H and O–H groups in total. The first-order valence-electron chi connectivity index (χ1n) is 4.88. The maximum absolute atomic E-state index is 10.6. The van der Waals surface area contributed by atoms with Crippen molar-refractivity contribution in [2.45, 2.75) is 19.9 Å². The molecular weight excluding hydrogens is 196 g/mol. The normalized spacial score (nSPS) is 10.5. The second kappa shape index (κ2) is 5.53. The van der Waals surface area contributed by atoms with Gasteiger partial charge < -0.3 is 20.6 Å². The third-order valence-corrected chi connectivity index (χ3v) is 2.10. The summed E-state index contributed by atoms with van der Waals surface area (Å²) in [6, 6.07) is 1.55. The number of nitrogens with one attached hydrogen (secondary N) is 1. The van der Waals surface area contributed by atoms with Crippen molar-refractivity contribution < 1.29 is 14.3 Å². The molecule has 0 aromatic carbocycles. The number of aromatic carboxylic acids is 1. The zero-order valence-corrected chi connectivity index (χ0v) is 8.75. The van der Waals surface area contributed by atoms with Crippen molar-refractivity contribution in [2.24, 2.45) is 5.73 Å². The minimum Gasteiger partial charge on any atom is -0.475 e. The fourth-order valence-corrected chi connectivity index (χ4v) is 1.25. The molecule has 0 fully saturated rings. The van der Waals surface area contributed by atoms with Crippen molar-refractivity contribution in [3.05, 3.63) is 23.2 Å². The van der Waals surface area contributed by atoms with Crippen LogP contribution in [0.15, 0.2) is 10.5 Å². The molecule has 1 heterocycles. The van der Waals surface area contributed by atoms with Gasteiger partial charge in [-0.15, -0.1) is 0 Å². The van der Waals surface area contributed by atoms with Gasteiger partial charge in [0.1, 0.15) is 5.76 Å². The van der Waals surface area contributed by atoms with Crippen LogP contribution in [0.3, 0.4) is 0 Å². The van der Waals surface area contributed by atoms with Crippen molar-refractivity contribution in [2.75, 3.05) is 13.1 Å². The summed E-state index contributed by atoms with van der Waals surface area (Å²) < 4.78 is 5.07. The third kappa shape index (κ3) is 3.38. The molecule has 0 aliphatic heterocycles. The lowest BCUT2D eigenvalue weighted by Gasteiger charge is -2.01. The molecule has 15 heavy (non-hydrogen) atoms. The largest absolute Gasteiger partial charge is 0.475 e. The minimum absolute atomic E-state index is 0.0110. The molecule has 1 aromatic rings. The molecule has 0 saturated carbocycles. The first-order valence-corrected chi connectivity index (χ1v) is 4.88. The quantitative estimate of drug-likeness (QED) is 0.605. The van der Waals surface area contributed by atoms with Crippen LogP contribution in [0, 0.1) is 6.92 Å². The molecule has 1 rings (SSSR count). The Bertz CT molecular complexity index is 333. The molecule has 1 aromatic heterocycles. The van der Waals surface area contributed by atoms with E-state index in [1.165, 1.54) is 0 Å². The highest BCUT2D eigenvalue weighted by Crippen LogP contribution is 2.14. The third-order valence-electron chi connectivity index (χ3n) is 2.10. The summed E-state index contributed by atoms with van der Waals surface area (Å²) in [5, 5.41) is 11.9. The van der Waals surface area contributed by atoms with Gasteiger partial charge in [0, 0.05) is 12.1 Å². The molecule has 5 nitrogen and oxygen atoms in total. The number of hydrogen-bond acceptors (Lipinski definition) is 4. The molecule has 0 radical (unpaired) electrons. The van der Waals surface area contributed by atoms with E-state index in [0.717, 1.165) is 18.5 Å². The Labute approximate surface area is 88.3 Å². The van der Waals surface area contributed by atoms with Crippen molar-refractivity contribution in [1.29, 1.82) is 0 Å². The van der Waals surface area contributed by atoms with Crippen LogP contribution >= 0.6 is 0 Å². The van der Waals surface area contributed by atoms with Crippen molar-refractivity contribution >= 4 is 5.97 Å². The summed E-state index contributed by atoms with van der Waals surface area (Å²) in [6.45, 7) is 3.84. The van der Waals surface area contributed by atoms with Crippen LogP contribution in [0.1, 0.15) is 28.3 Å². The first kappa shape index (κ1) is 11.7. The van der Waals surface area contributed by atoms with E-state index in [4.69, 9.17) is 15.3 Å². The van der Waals surface area contributed by atoms with Gasteiger partial charge in [-0.05, 0) is 32.5 Å². The van der Waals surface area contributed by atoms with Gasteiger partial charge in [-0.1, -0.05) is 0 Å². The van der Waals surface area contributed by atoms with E-state index < -0.39 is 5.97 Å². The second-order valence-corrected chi connectivity index (χ2v) is 3.32. The molecule has 5 heteroatoms. The van der Waals surface area contributed by atoms with Crippen LogP contribution in [-0.2, 0) is 6.54 Å². The van der Waals surface area contributed by atoms with Gasteiger partial charge in [0.15, 0.2) is 0 Å². The second-order valence-electron chi connectivity index (χ2n) is 3.32. The topological polar surface area (TPSA) is 88.5 Å². The van der Waals surface area contributed by atoms with Crippen LogP contribution < -0.4 is 11.1 Å². The fourth-order valence-electron chi connectivity index (χ4n) is 1.25. The monoisotopic (exact) mass is 212 g/mol. The lowest BCUT2D eigenvalue weighted by Crippen LogP contribution is -2.17. The Balaban J connectivity index is 2.50. The van der Waals surface area contributed by atoms with E-state index in [0.29, 0.717) is 18.8 Å². The smallest absolute Gasteiger partial charge is 0.371 e. The van der Waals surface area contributed by atoms with Crippen molar-refractivity contribution in [3.8, 4) is 0 Å². The molecule has 0 spiro atoms. The predicted octanol–water partition coefficient (Wildman–Crippen LogP) is 0.725. The highest BCUT2D eigenvalue weighted by atomic mass is 16.4. The Morgan fingerprint density at radius 3 is 2.93 bits per heavy atom. The maximum atomic E-state index is 10.6. The molecule has 0 aliphatic carbocycles. The van der Waals surface area contributed by atoms with Gasteiger partial charge in [0.2, 0.25) is 5.76 Å². The summed E-state index contributed by atoms with van der Waals surface area (Å²) >= 11 is 0. The van der Waals surface area contributed by atoms with Crippen LogP contribution in [-0.4, -0.2) is 24.2 Å². The lowest BCUT2D eigenvalue weighted by atomic mass is 10.2. The summed E-state index contributed by atoms with van der Waals surface area (Å²) in [5.41, 5.74) is 6.22. The lowest BCUT2D eigenvalue weighted by molar-refractivity contribution is 0.0661. The van der Waals surface area contributed by atoms with Gasteiger partial charge in [-0.2, -0.15) is 0 Å². The molecule has 0 atom stereocenters. The number of furan rings is 1. The number of carboxylic acids is 1. The minimum atomic E-state index is -1.04. The van der Waals surface area contributed by atoms with E-state index in [1.807, 2.05) is 0 Å². The number of carbonyl (C=O) groups is 1. The number of nitrogens with two attached hydrogens (primary N) is 1. The average molecular weight is 212 g/mol. The SMILES string of the molecule is Cc1oc(C(=O)O)cc1CNCCCN. The van der Waals surface area contributed by atoms with Gasteiger partial charge >= 0.3 is 5.97 Å². The number of carboxylic acid groups (broad SMARTS) is 1. The van der Waals surface area contributed by atoms with Crippen molar-refractivity contribution in [3.63, 3.8) is 0 Å². The first-order chi connectivity index (χ1) is 7.15. The van der Waals surface area contributed by atoms with Gasteiger partial charge in [-0.3, -0.25) is 0 Å². The Kier molecular flexibility index (Phi) is 4.33. The zero-order valence-electron chi connectivity index (χ0n) is 8.75. The fraction of sp³-hybridized carbons (Fsp3) is 0.500. The van der Waals surface area contributed by atoms with Gasteiger partial charge in [0.05, 0.1) is 0 Å². The van der Waals surface area contributed by atoms with E-state index >= 15 is 0 Å². The summed E-state index contributed by atoms with van der Waals surface area (Å²) in [7, 11) is 0. The van der Waals surface area contributed by atoms with E-state index in [-0.39, 0.29) is 5.76 Å². The van der Waals surface area contributed by atoms with E-state index in [2.05, 4.69) is 5.32 Å². The Hall–Kier alpha value is -1.33. The Morgan fingerprint density at radius 2 is 2.40 bits per heavy atom. The van der Waals surface area contributed by atoms with E-state index in [9.17, 15) is 4.79 Å². The summed E-state index contributed by atoms with van der Waals surface area (Å²) in [4.78, 5) is 10.6. The number of aryl methyl sites for hydroxylation is 1. The van der Waals surface area contributed by atoms with Crippen LogP contribution in [0.25, 0.3) is 0 Å². The molecular formula is C10H16N2O3. The summed E-state index contributed by atoms with van der Waals surface area (Å²) in [5.74, 6) is -0.401. The molecule has 84 valence electrons. The highest BCUT2D eigenvalue weighted by Gasteiger charge is 2.12. The van der Waals surface area contributed by atoms with Gasteiger partial charge in [0.25, 0.3) is 0 Å². The molecule has 0 amide bonds. The number of hydrogen-bond donors (Lipinski definition) is 3. The van der Waals surface area contributed by atoms with E-state index in [1.54, 1.807) is 13.0 Å². The Morgan fingerprint density at radius 1 is 1.67 bits per heavy atom. The highest BCUT2D eigenvalue weighted by molar-refractivity contribution is 5.84. The summed E-state index contributed by atoms with van der Waals surface area (Å²) in [6.07, 6.45) is 0.905. The maximum Gasteiger partial charge on any atom is 0.371 e. The molecule has 0 saturated heterocycles. The predicted molar refractivity (Wildman–Crippen MR) is 55.8 cm³/mol. The van der Waals surface area contributed by atoms with Crippen LogP contribution in [0.2, 0.25) is 0 Å². The molecule has 0 bridgehead atoms. The molecule has 0 unspecified atom stereocenters. The number of rotatable bonds is 6. The van der Waals surface area contributed by atoms with Crippen LogP contribution in [0.4, 0.5) is 0 Å². The standard InChI is InChI=1S/C10H16N2O3/c1-7-8(6-12-4-2-3-11)5-9(15-7)10(13)14/h5,12H,2-4,6,11H2,1H3,(H,13,14).